The lowest BCUT2D eigenvalue weighted by Gasteiger charge is -2.33. The van der Waals surface area contributed by atoms with Gasteiger partial charge in [-0.3, -0.25) is 15.1 Å². The Labute approximate surface area is 127 Å². The maximum absolute atomic E-state index is 11.2. The van der Waals surface area contributed by atoms with E-state index in [0.29, 0.717) is 12.5 Å². The molecule has 21 heavy (non-hydrogen) atoms. The van der Waals surface area contributed by atoms with Crippen LogP contribution in [0.3, 0.4) is 0 Å². The fourth-order valence-electron chi connectivity index (χ4n) is 3.10. The van der Waals surface area contributed by atoms with E-state index < -0.39 is 0 Å². The van der Waals surface area contributed by atoms with Gasteiger partial charge >= 0.3 is 0 Å². The molecule has 0 spiro atoms. The van der Waals surface area contributed by atoms with E-state index in [-0.39, 0.29) is 5.91 Å². The second-order valence-electron chi connectivity index (χ2n) is 6.39. The summed E-state index contributed by atoms with van der Waals surface area (Å²) >= 11 is 0. The lowest BCUT2D eigenvalue weighted by molar-refractivity contribution is -0.120. The SMILES string of the molecule is CC1CCC(N(C)Cc2ccc(CC(=O)NN)cc2)CC1. The Morgan fingerprint density at radius 3 is 2.33 bits per heavy atom. The predicted molar refractivity (Wildman–Crippen MR) is 85.4 cm³/mol. The minimum absolute atomic E-state index is 0.156. The zero-order valence-electron chi connectivity index (χ0n) is 13.1. The molecule has 0 aliphatic heterocycles. The number of hydrogen-bond donors (Lipinski definition) is 2. The Morgan fingerprint density at radius 2 is 1.76 bits per heavy atom. The van der Waals surface area contributed by atoms with Gasteiger partial charge in [0.25, 0.3) is 0 Å². The molecule has 0 saturated heterocycles. The van der Waals surface area contributed by atoms with Crippen LogP contribution in [0.25, 0.3) is 0 Å². The largest absolute Gasteiger partial charge is 0.299 e. The summed E-state index contributed by atoms with van der Waals surface area (Å²) in [6.07, 6.45) is 5.66. The van der Waals surface area contributed by atoms with E-state index >= 15 is 0 Å². The molecule has 0 atom stereocenters. The first-order valence-corrected chi connectivity index (χ1v) is 7.86. The van der Waals surface area contributed by atoms with E-state index in [4.69, 9.17) is 5.84 Å². The summed E-state index contributed by atoms with van der Waals surface area (Å²) < 4.78 is 0. The number of benzene rings is 1. The average molecular weight is 289 g/mol. The summed E-state index contributed by atoms with van der Waals surface area (Å²) in [7, 11) is 2.22. The third-order valence-corrected chi connectivity index (χ3v) is 4.59. The molecule has 0 aromatic heterocycles. The van der Waals surface area contributed by atoms with Gasteiger partial charge in [-0.15, -0.1) is 0 Å². The predicted octanol–water partition coefficient (Wildman–Crippen LogP) is 2.23. The van der Waals surface area contributed by atoms with Crippen LogP contribution in [0.2, 0.25) is 0 Å². The van der Waals surface area contributed by atoms with Crippen molar-refractivity contribution in [3.8, 4) is 0 Å². The van der Waals surface area contributed by atoms with Crippen molar-refractivity contribution in [2.24, 2.45) is 11.8 Å². The minimum atomic E-state index is -0.156. The van der Waals surface area contributed by atoms with Gasteiger partial charge in [-0.1, -0.05) is 31.2 Å². The van der Waals surface area contributed by atoms with Gasteiger partial charge in [0.1, 0.15) is 0 Å². The van der Waals surface area contributed by atoms with E-state index in [1.54, 1.807) is 0 Å². The fourth-order valence-corrected chi connectivity index (χ4v) is 3.10. The minimum Gasteiger partial charge on any atom is -0.299 e. The number of carbonyl (C=O) groups excluding carboxylic acids is 1. The highest BCUT2D eigenvalue weighted by Gasteiger charge is 2.21. The molecule has 0 unspecified atom stereocenters. The zero-order chi connectivity index (χ0) is 15.2. The molecule has 0 bridgehead atoms. The third-order valence-electron chi connectivity index (χ3n) is 4.59. The summed E-state index contributed by atoms with van der Waals surface area (Å²) in [5.74, 6) is 5.84. The number of carbonyl (C=O) groups is 1. The summed E-state index contributed by atoms with van der Waals surface area (Å²) in [5, 5.41) is 0. The summed E-state index contributed by atoms with van der Waals surface area (Å²) in [6.45, 7) is 3.33. The quantitative estimate of drug-likeness (QED) is 0.496. The first-order chi connectivity index (χ1) is 10.1. The van der Waals surface area contributed by atoms with Crippen molar-refractivity contribution in [1.29, 1.82) is 0 Å². The van der Waals surface area contributed by atoms with Crippen LogP contribution in [0, 0.1) is 5.92 Å². The molecule has 116 valence electrons. The van der Waals surface area contributed by atoms with Crippen LogP contribution < -0.4 is 11.3 Å². The molecule has 4 nitrogen and oxygen atoms in total. The number of hydrazine groups is 1. The molecular formula is C17H27N3O. The zero-order valence-corrected chi connectivity index (χ0v) is 13.1. The van der Waals surface area contributed by atoms with Gasteiger partial charge in [-0.25, -0.2) is 5.84 Å². The Hall–Kier alpha value is -1.39. The number of rotatable bonds is 5. The van der Waals surface area contributed by atoms with Crippen LogP contribution >= 0.6 is 0 Å². The standard InChI is InChI=1S/C17H27N3O/c1-13-3-9-16(10-4-13)20(2)12-15-7-5-14(6-8-15)11-17(21)19-18/h5-8,13,16H,3-4,9-12,18H2,1-2H3,(H,19,21). The molecular weight excluding hydrogens is 262 g/mol. The van der Waals surface area contributed by atoms with Crippen LogP contribution in [0.1, 0.15) is 43.7 Å². The Balaban J connectivity index is 1.86. The van der Waals surface area contributed by atoms with Gasteiger partial charge in [0.15, 0.2) is 0 Å². The van der Waals surface area contributed by atoms with Crippen LogP contribution in [0.15, 0.2) is 24.3 Å². The lowest BCUT2D eigenvalue weighted by Crippen LogP contribution is -2.34. The van der Waals surface area contributed by atoms with Crippen molar-refractivity contribution in [2.45, 2.75) is 51.6 Å². The first-order valence-electron chi connectivity index (χ1n) is 7.86. The van der Waals surface area contributed by atoms with Crippen LogP contribution in [0.5, 0.6) is 0 Å². The van der Waals surface area contributed by atoms with E-state index in [0.717, 1.165) is 18.0 Å². The molecule has 1 aliphatic carbocycles. The molecule has 1 saturated carbocycles. The molecule has 1 fully saturated rings. The smallest absolute Gasteiger partial charge is 0.238 e. The van der Waals surface area contributed by atoms with E-state index in [1.165, 1.54) is 31.2 Å². The maximum atomic E-state index is 11.2. The lowest BCUT2D eigenvalue weighted by atomic mass is 9.86. The van der Waals surface area contributed by atoms with Crippen molar-refractivity contribution >= 4 is 5.91 Å². The highest BCUT2D eigenvalue weighted by atomic mass is 16.2. The number of nitrogens with one attached hydrogen (secondary N) is 1. The van der Waals surface area contributed by atoms with Gasteiger partial charge in [0.2, 0.25) is 5.91 Å². The fraction of sp³-hybridized carbons (Fsp3) is 0.588. The normalized spacial score (nSPS) is 22.3. The van der Waals surface area contributed by atoms with Crippen molar-refractivity contribution in [1.82, 2.24) is 10.3 Å². The molecule has 1 aliphatic rings. The second kappa shape index (κ2) is 7.57. The molecule has 1 aromatic carbocycles. The monoisotopic (exact) mass is 289 g/mol. The topological polar surface area (TPSA) is 58.4 Å². The second-order valence-corrected chi connectivity index (χ2v) is 6.39. The number of amides is 1. The highest BCUT2D eigenvalue weighted by Crippen LogP contribution is 2.27. The van der Waals surface area contributed by atoms with Crippen molar-refractivity contribution < 1.29 is 4.79 Å². The van der Waals surface area contributed by atoms with E-state index in [2.05, 4.69) is 36.4 Å². The van der Waals surface area contributed by atoms with Crippen molar-refractivity contribution in [3.63, 3.8) is 0 Å². The van der Waals surface area contributed by atoms with Gasteiger partial charge in [0, 0.05) is 12.6 Å². The molecule has 1 amide bonds. The Kier molecular flexibility index (Phi) is 5.76. The summed E-state index contributed by atoms with van der Waals surface area (Å²) in [6, 6.07) is 8.97. The van der Waals surface area contributed by atoms with Crippen molar-refractivity contribution in [2.75, 3.05) is 7.05 Å². The molecule has 2 rings (SSSR count). The Bertz CT molecular complexity index is 450. The Morgan fingerprint density at radius 1 is 1.19 bits per heavy atom. The van der Waals surface area contributed by atoms with Crippen molar-refractivity contribution in [3.05, 3.63) is 35.4 Å². The van der Waals surface area contributed by atoms with Gasteiger partial charge < -0.3 is 0 Å². The van der Waals surface area contributed by atoms with Crippen LogP contribution in [-0.4, -0.2) is 23.9 Å². The third kappa shape index (κ3) is 4.83. The number of nitrogens with two attached hydrogens (primary N) is 1. The summed E-state index contributed by atoms with van der Waals surface area (Å²) in [4.78, 5) is 13.7. The van der Waals surface area contributed by atoms with Gasteiger partial charge in [-0.05, 0) is 49.8 Å². The molecule has 0 radical (unpaired) electrons. The number of hydrogen-bond acceptors (Lipinski definition) is 3. The van der Waals surface area contributed by atoms with Gasteiger partial charge in [0.05, 0.1) is 6.42 Å². The highest BCUT2D eigenvalue weighted by molar-refractivity contribution is 5.77. The maximum Gasteiger partial charge on any atom is 0.238 e. The molecule has 3 N–H and O–H groups in total. The molecule has 0 heterocycles. The van der Waals surface area contributed by atoms with Gasteiger partial charge in [-0.2, -0.15) is 0 Å². The average Bonchev–Trinajstić information content (AvgIpc) is 2.49. The first kappa shape index (κ1) is 16.0. The van der Waals surface area contributed by atoms with Crippen LogP contribution in [0.4, 0.5) is 0 Å². The summed E-state index contributed by atoms with van der Waals surface area (Å²) in [5.41, 5.74) is 4.45. The van der Waals surface area contributed by atoms with E-state index in [1.807, 2.05) is 12.1 Å². The number of nitrogens with zero attached hydrogens (tertiary/aromatic N) is 1. The van der Waals surface area contributed by atoms with E-state index in [9.17, 15) is 4.79 Å². The van der Waals surface area contributed by atoms with Crippen LogP contribution in [-0.2, 0) is 17.8 Å². The molecule has 4 heteroatoms. The molecule has 1 aromatic rings.